The van der Waals surface area contributed by atoms with Gasteiger partial charge in [-0.25, -0.2) is 0 Å². The Morgan fingerprint density at radius 1 is 0.857 bits per heavy atom. The van der Waals surface area contributed by atoms with E-state index < -0.39 is 11.2 Å². The molecule has 0 amide bonds. The van der Waals surface area contributed by atoms with Crippen LogP contribution in [0.15, 0.2) is 42.5 Å². The van der Waals surface area contributed by atoms with Crippen molar-refractivity contribution in [1.82, 2.24) is 0 Å². The second-order valence-corrected chi connectivity index (χ2v) is 8.17. The van der Waals surface area contributed by atoms with Crippen LogP contribution in [0.1, 0.15) is 54.7 Å². The van der Waals surface area contributed by atoms with Crippen LogP contribution in [-0.4, -0.2) is 24.1 Å². The number of carbonyl (C=O) groups is 1. The average Bonchev–Trinajstić information content (AvgIpc) is 2.65. The zero-order valence-electron chi connectivity index (χ0n) is 16.8. The van der Waals surface area contributed by atoms with Crippen LogP contribution in [0, 0.1) is 0 Å². The molecule has 2 aromatic carbocycles. The molecule has 2 aliphatic heterocycles. The van der Waals surface area contributed by atoms with Crippen molar-refractivity contribution in [3.05, 3.63) is 64.7 Å². The van der Waals surface area contributed by atoms with Gasteiger partial charge in [-0.2, -0.15) is 0 Å². The summed E-state index contributed by atoms with van der Waals surface area (Å²) in [5.74, 6) is 1.52. The minimum atomic E-state index is -0.544. The van der Waals surface area contributed by atoms with Gasteiger partial charge in [-0.05, 0) is 52.0 Å². The van der Waals surface area contributed by atoms with E-state index in [2.05, 4.69) is 0 Å². The fourth-order valence-electron chi connectivity index (χ4n) is 3.56. The number of rotatable bonds is 3. The lowest BCUT2D eigenvalue weighted by Crippen LogP contribution is -2.32. The molecule has 4 nitrogen and oxygen atoms in total. The highest BCUT2D eigenvalue weighted by molar-refractivity contribution is 6.14. The van der Waals surface area contributed by atoms with Crippen molar-refractivity contribution in [2.75, 3.05) is 7.11 Å². The molecule has 0 bridgehead atoms. The van der Waals surface area contributed by atoms with Gasteiger partial charge in [0.1, 0.15) is 34.0 Å². The normalized spacial score (nSPS) is 17.8. The van der Waals surface area contributed by atoms with Crippen LogP contribution < -0.4 is 14.2 Å². The van der Waals surface area contributed by atoms with Gasteiger partial charge in [0.25, 0.3) is 0 Å². The molecule has 0 radical (unpaired) electrons. The number of ether oxygens (including phenoxy) is 3. The first-order valence-electron chi connectivity index (χ1n) is 9.37. The van der Waals surface area contributed by atoms with Crippen LogP contribution in [0.3, 0.4) is 0 Å². The molecule has 0 atom stereocenters. The molecule has 2 aromatic rings. The van der Waals surface area contributed by atoms with Crippen molar-refractivity contribution in [3.8, 4) is 17.2 Å². The first-order chi connectivity index (χ1) is 13.2. The van der Waals surface area contributed by atoms with Crippen LogP contribution >= 0.6 is 0 Å². The van der Waals surface area contributed by atoms with E-state index in [0.29, 0.717) is 28.4 Å². The molecule has 4 rings (SSSR count). The van der Waals surface area contributed by atoms with E-state index in [9.17, 15) is 4.79 Å². The second kappa shape index (κ2) is 6.26. The number of ketones is 1. The number of fused-ring (bicyclic) bond motifs is 2. The van der Waals surface area contributed by atoms with E-state index in [4.69, 9.17) is 14.2 Å². The lowest BCUT2D eigenvalue weighted by molar-refractivity contribution is 0.100. The molecule has 28 heavy (non-hydrogen) atoms. The summed E-state index contributed by atoms with van der Waals surface area (Å²) in [4.78, 5) is 13.6. The maximum atomic E-state index is 13.6. The van der Waals surface area contributed by atoms with Crippen LogP contribution in [0.5, 0.6) is 17.2 Å². The highest BCUT2D eigenvalue weighted by Gasteiger charge is 2.37. The summed E-state index contributed by atoms with van der Waals surface area (Å²) < 4.78 is 18.3. The monoisotopic (exact) mass is 376 g/mol. The number of benzene rings is 2. The van der Waals surface area contributed by atoms with E-state index in [0.717, 1.165) is 11.1 Å². The van der Waals surface area contributed by atoms with Gasteiger partial charge in [0.15, 0.2) is 0 Å². The molecule has 0 saturated heterocycles. The molecule has 2 heterocycles. The van der Waals surface area contributed by atoms with Gasteiger partial charge in [-0.3, -0.25) is 4.79 Å². The highest BCUT2D eigenvalue weighted by atomic mass is 16.5. The van der Waals surface area contributed by atoms with Crippen LogP contribution in [0.4, 0.5) is 0 Å². The van der Waals surface area contributed by atoms with Crippen molar-refractivity contribution in [3.63, 3.8) is 0 Å². The van der Waals surface area contributed by atoms with Gasteiger partial charge >= 0.3 is 0 Å². The van der Waals surface area contributed by atoms with Crippen LogP contribution in [0.25, 0.3) is 12.2 Å². The third kappa shape index (κ3) is 2.99. The summed E-state index contributed by atoms with van der Waals surface area (Å²) in [5.41, 5.74) is 1.45. The Balaban J connectivity index is 2.05. The molecular formula is C24H24O4. The largest absolute Gasteiger partial charge is 0.495 e. The summed E-state index contributed by atoms with van der Waals surface area (Å²) in [7, 11) is 1.62. The van der Waals surface area contributed by atoms with Gasteiger partial charge in [0, 0.05) is 5.56 Å². The number of carbonyl (C=O) groups excluding carboxylic acids is 1. The van der Waals surface area contributed by atoms with Gasteiger partial charge in [0.2, 0.25) is 5.78 Å². The fraction of sp³-hybridized carbons (Fsp3) is 0.292. The van der Waals surface area contributed by atoms with E-state index in [1.165, 1.54) is 0 Å². The molecule has 0 unspecified atom stereocenters. The Labute approximate surface area is 165 Å². The number of methoxy groups -OCH3 is 1. The minimum Gasteiger partial charge on any atom is -0.495 e. The van der Waals surface area contributed by atoms with E-state index in [1.807, 2.05) is 70.2 Å². The van der Waals surface area contributed by atoms with E-state index >= 15 is 0 Å². The standard InChI is InChI=1S/C24H24O4/c1-23(2)13-11-16-20(26-5)17-12-14-24(3,4)28-22(17)18(21(16)27-23)19(25)15-9-7-6-8-10-15/h6-14H,1-5H3. The van der Waals surface area contributed by atoms with Crippen LogP contribution in [0.2, 0.25) is 0 Å². The van der Waals surface area contributed by atoms with Crippen molar-refractivity contribution in [2.24, 2.45) is 0 Å². The molecule has 144 valence electrons. The van der Waals surface area contributed by atoms with Crippen molar-refractivity contribution in [1.29, 1.82) is 0 Å². The van der Waals surface area contributed by atoms with Gasteiger partial charge in [0.05, 0.1) is 18.2 Å². The lowest BCUT2D eigenvalue weighted by atomic mass is 9.89. The quantitative estimate of drug-likeness (QED) is 0.683. The zero-order chi connectivity index (χ0) is 20.1. The molecule has 2 aliphatic rings. The SMILES string of the molecule is COc1c2c(c(C(=O)c3ccccc3)c3c1C=CC(C)(C)O3)OC(C)(C)C=C2. The molecule has 0 N–H and O–H groups in total. The third-order valence-corrected chi connectivity index (χ3v) is 4.93. The maximum Gasteiger partial charge on any atom is 0.200 e. The molecule has 0 saturated carbocycles. The lowest BCUT2D eigenvalue weighted by Gasteiger charge is -2.35. The van der Waals surface area contributed by atoms with Crippen molar-refractivity contribution >= 4 is 17.9 Å². The molecule has 0 fully saturated rings. The number of hydrogen-bond acceptors (Lipinski definition) is 4. The van der Waals surface area contributed by atoms with Crippen LogP contribution in [-0.2, 0) is 0 Å². The highest BCUT2D eigenvalue weighted by Crippen LogP contribution is 2.51. The number of hydrogen-bond donors (Lipinski definition) is 0. The Bertz CT molecular complexity index is 958. The summed E-state index contributed by atoms with van der Waals surface area (Å²) in [5, 5.41) is 0. The Kier molecular flexibility index (Phi) is 4.11. The van der Waals surface area contributed by atoms with Gasteiger partial charge < -0.3 is 14.2 Å². The molecular weight excluding hydrogens is 352 g/mol. The predicted molar refractivity (Wildman–Crippen MR) is 110 cm³/mol. The Morgan fingerprint density at radius 3 is 1.82 bits per heavy atom. The van der Waals surface area contributed by atoms with E-state index in [1.54, 1.807) is 19.2 Å². The topological polar surface area (TPSA) is 44.8 Å². The first kappa shape index (κ1) is 18.4. The molecule has 4 heteroatoms. The van der Waals surface area contributed by atoms with E-state index in [-0.39, 0.29) is 5.78 Å². The third-order valence-electron chi connectivity index (χ3n) is 4.93. The van der Waals surface area contributed by atoms with Crippen molar-refractivity contribution in [2.45, 2.75) is 38.9 Å². The summed E-state index contributed by atoms with van der Waals surface area (Å²) in [6.07, 6.45) is 7.87. The first-order valence-corrected chi connectivity index (χ1v) is 9.37. The van der Waals surface area contributed by atoms with Gasteiger partial charge in [-0.15, -0.1) is 0 Å². The predicted octanol–water partition coefficient (Wildman–Crippen LogP) is 5.29. The van der Waals surface area contributed by atoms with Gasteiger partial charge in [-0.1, -0.05) is 30.3 Å². The average molecular weight is 376 g/mol. The summed E-state index contributed by atoms with van der Waals surface area (Å²) >= 11 is 0. The Hall–Kier alpha value is -3.01. The Morgan fingerprint density at radius 2 is 1.36 bits per heavy atom. The molecule has 0 aromatic heterocycles. The molecule has 0 spiro atoms. The maximum absolute atomic E-state index is 13.6. The molecule has 0 aliphatic carbocycles. The smallest absolute Gasteiger partial charge is 0.200 e. The van der Waals surface area contributed by atoms with Crippen molar-refractivity contribution < 1.29 is 19.0 Å². The summed E-state index contributed by atoms with van der Waals surface area (Å²) in [6.45, 7) is 7.83. The minimum absolute atomic E-state index is 0.132. The zero-order valence-corrected chi connectivity index (χ0v) is 16.8. The summed E-state index contributed by atoms with van der Waals surface area (Å²) in [6, 6.07) is 9.20. The second-order valence-electron chi connectivity index (χ2n) is 8.17. The fourth-order valence-corrected chi connectivity index (χ4v) is 3.56.